The maximum absolute atomic E-state index is 11.6. The second-order valence-corrected chi connectivity index (χ2v) is 5.68. The topological polar surface area (TPSA) is 67.2 Å². The number of imidazole rings is 1. The number of nitrogens with zero attached hydrogens (tertiary/aromatic N) is 2. The molecule has 5 heteroatoms. The zero-order chi connectivity index (χ0) is 15.5. The molecular formula is C16H21N3O2. The molecule has 0 saturated heterocycles. The van der Waals surface area contributed by atoms with Crippen LogP contribution in [0.15, 0.2) is 42.7 Å². The Bertz CT molecular complexity index is 607. The van der Waals surface area contributed by atoms with E-state index in [-0.39, 0.29) is 6.04 Å². The molecule has 2 aromatic rings. The van der Waals surface area contributed by atoms with Crippen LogP contribution >= 0.6 is 0 Å². The van der Waals surface area contributed by atoms with Gasteiger partial charge in [-0.3, -0.25) is 10.1 Å². The fourth-order valence-corrected chi connectivity index (χ4v) is 2.44. The Morgan fingerprint density at radius 1 is 1.38 bits per heavy atom. The summed E-state index contributed by atoms with van der Waals surface area (Å²) in [6, 6.07) is 9.83. The van der Waals surface area contributed by atoms with Crippen LogP contribution in [0.1, 0.15) is 20.8 Å². The minimum absolute atomic E-state index is 0.0785. The molecule has 1 unspecified atom stereocenters. The summed E-state index contributed by atoms with van der Waals surface area (Å²) < 4.78 is 1.87. The van der Waals surface area contributed by atoms with Gasteiger partial charge in [0, 0.05) is 24.0 Å². The largest absolute Gasteiger partial charge is 0.480 e. The molecule has 0 radical (unpaired) electrons. The average Bonchev–Trinajstić information content (AvgIpc) is 2.86. The molecule has 1 aromatic heterocycles. The number of carbonyl (C=O) groups is 1. The van der Waals surface area contributed by atoms with E-state index in [0.717, 1.165) is 11.4 Å². The van der Waals surface area contributed by atoms with Crippen molar-refractivity contribution in [1.82, 2.24) is 14.9 Å². The van der Waals surface area contributed by atoms with Crippen molar-refractivity contribution in [2.75, 3.05) is 0 Å². The standard InChI is InChI=1S/C16H21N3O2/c1-12(2)18-16(3,15(20)21)11-19-10-9-17-14(19)13-7-5-4-6-8-13/h4-10,12,18H,11H2,1-3H3,(H,20,21). The smallest absolute Gasteiger partial charge is 0.325 e. The fraction of sp³-hybridized carbons (Fsp3) is 0.375. The van der Waals surface area contributed by atoms with Crippen molar-refractivity contribution in [2.24, 2.45) is 0 Å². The molecule has 0 saturated carbocycles. The summed E-state index contributed by atoms with van der Waals surface area (Å²) in [4.78, 5) is 16.0. The summed E-state index contributed by atoms with van der Waals surface area (Å²) in [5, 5.41) is 12.7. The van der Waals surface area contributed by atoms with Crippen LogP contribution in [0.3, 0.4) is 0 Å². The summed E-state index contributed by atoms with van der Waals surface area (Å²) in [6.45, 7) is 5.88. The molecule has 1 atom stereocenters. The lowest BCUT2D eigenvalue weighted by molar-refractivity contribution is -0.145. The van der Waals surface area contributed by atoms with Crippen molar-refractivity contribution in [2.45, 2.75) is 38.9 Å². The molecule has 0 bridgehead atoms. The van der Waals surface area contributed by atoms with E-state index < -0.39 is 11.5 Å². The highest BCUT2D eigenvalue weighted by molar-refractivity contribution is 5.78. The second kappa shape index (κ2) is 6.10. The highest BCUT2D eigenvalue weighted by Gasteiger charge is 2.34. The van der Waals surface area contributed by atoms with Crippen LogP contribution < -0.4 is 5.32 Å². The molecule has 112 valence electrons. The second-order valence-electron chi connectivity index (χ2n) is 5.68. The van der Waals surface area contributed by atoms with Gasteiger partial charge < -0.3 is 9.67 Å². The number of benzene rings is 1. The zero-order valence-corrected chi connectivity index (χ0v) is 12.6. The van der Waals surface area contributed by atoms with Crippen LogP contribution in [0.25, 0.3) is 11.4 Å². The molecule has 2 rings (SSSR count). The van der Waals surface area contributed by atoms with Gasteiger partial charge in [0.1, 0.15) is 11.4 Å². The number of aliphatic carboxylic acids is 1. The van der Waals surface area contributed by atoms with Gasteiger partial charge >= 0.3 is 5.97 Å². The van der Waals surface area contributed by atoms with Gasteiger partial charge in [-0.15, -0.1) is 0 Å². The number of nitrogens with one attached hydrogen (secondary N) is 1. The minimum atomic E-state index is -1.04. The Hall–Kier alpha value is -2.14. The van der Waals surface area contributed by atoms with Gasteiger partial charge in [0.15, 0.2) is 0 Å². The first-order chi connectivity index (χ1) is 9.92. The van der Waals surface area contributed by atoms with E-state index in [1.54, 1.807) is 13.1 Å². The third-order valence-electron chi connectivity index (χ3n) is 3.31. The Kier molecular flexibility index (Phi) is 4.43. The normalized spacial score (nSPS) is 14.1. The predicted molar refractivity (Wildman–Crippen MR) is 82.0 cm³/mol. The minimum Gasteiger partial charge on any atom is -0.480 e. The van der Waals surface area contributed by atoms with Crippen LogP contribution in [0, 0.1) is 0 Å². The summed E-state index contributed by atoms with van der Waals surface area (Å²) >= 11 is 0. The van der Waals surface area contributed by atoms with E-state index in [9.17, 15) is 9.90 Å². The lowest BCUT2D eigenvalue weighted by Gasteiger charge is -2.29. The Labute approximate surface area is 124 Å². The lowest BCUT2D eigenvalue weighted by atomic mass is 10.0. The molecule has 0 aliphatic rings. The SMILES string of the molecule is CC(C)NC(C)(Cn1ccnc1-c1ccccc1)C(=O)O. The maximum Gasteiger partial charge on any atom is 0.325 e. The van der Waals surface area contributed by atoms with E-state index >= 15 is 0 Å². The van der Waals surface area contributed by atoms with Crippen molar-refractivity contribution in [3.05, 3.63) is 42.7 Å². The molecule has 0 aliphatic carbocycles. The van der Waals surface area contributed by atoms with Crippen molar-refractivity contribution >= 4 is 5.97 Å². The molecule has 0 spiro atoms. The van der Waals surface area contributed by atoms with E-state index in [1.807, 2.05) is 54.9 Å². The Morgan fingerprint density at radius 3 is 2.62 bits per heavy atom. The van der Waals surface area contributed by atoms with Crippen molar-refractivity contribution in [3.63, 3.8) is 0 Å². The molecule has 0 fully saturated rings. The van der Waals surface area contributed by atoms with Crippen LogP contribution in [0.4, 0.5) is 0 Å². The van der Waals surface area contributed by atoms with Gasteiger partial charge in [0.25, 0.3) is 0 Å². The number of carboxylic acids is 1. The highest BCUT2D eigenvalue weighted by atomic mass is 16.4. The molecule has 0 amide bonds. The van der Waals surface area contributed by atoms with E-state index in [0.29, 0.717) is 6.54 Å². The molecule has 1 aromatic carbocycles. The van der Waals surface area contributed by atoms with Crippen molar-refractivity contribution in [1.29, 1.82) is 0 Å². The van der Waals surface area contributed by atoms with E-state index in [2.05, 4.69) is 10.3 Å². The first-order valence-corrected chi connectivity index (χ1v) is 7.00. The average molecular weight is 287 g/mol. The Morgan fingerprint density at radius 2 is 2.05 bits per heavy atom. The van der Waals surface area contributed by atoms with Crippen molar-refractivity contribution < 1.29 is 9.90 Å². The quantitative estimate of drug-likeness (QED) is 0.856. The van der Waals surface area contributed by atoms with E-state index in [1.165, 1.54) is 0 Å². The van der Waals surface area contributed by atoms with Gasteiger partial charge in [0.2, 0.25) is 0 Å². The summed E-state index contributed by atoms with van der Waals surface area (Å²) in [5.41, 5.74) is -0.0712. The molecular weight excluding hydrogens is 266 g/mol. The summed E-state index contributed by atoms with van der Waals surface area (Å²) in [5.74, 6) is -0.0995. The van der Waals surface area contributed by atoms with Gasteiger partial charge in [-0.25, -0.2) is 4.98 Å². The van der Waals surface area contributed by atoms with Crippen molar-refractivity contribution in [3.8, 4) is 11.4 Å². The molecule has 21 heavy (non-hydrogen) atoms. The fourth-order valence-electron chi connectivity index (χ4n) is 2.44. The van der Waals surface area contributed by atoms with Crippen LogP contribution in [0.5, 0.6) is 0 Å². The number of carboxylic acid groups (broad SMARTS) is 1. The lowest BCUT2D eigenvalue weighted by Crippen LogP contribution is -2.55. The van der Waals surface area contributed by atoms with Crippen LogP contribution in [0.2, 0.25) is 0 Å². The monoisotopic (exact) mass is 287 g/mol. The van der Waals surface area contributed by atoms with Gasteiger partial charge in [-0.1, -0.05) is 30.3 Å². The first-order valence-electron chi connectivity index (χ1n) is 7.00. The summed E-state index contributed by atoms with van der Waals surface area (Å²) in [7, 11) is 0. The molecule has 2 N–H and O–H groups in total. The maximum atomic E-state index is 11.6. The molecule has 1 heterocycles. The predicted octanol–water partition coefficient (Wildman–Crippen LogP) is 2.39. The third-order valence-corrected chi connectivity index (χ3v) is 3.31. The zero-order valence-electron chi connectivity index (χ0n) is 12.6. The van der Waals surface area contributed by atoms with E-state index in [4.69, 9.17) is 0 Å². The van der Waals surface area contributed by atoms with Gasteiger partial charge in [-0.2, -0.15) is 0 Å². The third kappa shape index (κ3) is 3.49. The number of rotatable bonds is 6. The first kappa shape index (κ1) is 15.3. The molecule has 5 nitrogen and oxygen atoms in total. The number of hydrogen-bond donors (Lipinski definition) is 2. The molecule has 0 aliphatic heterocycles. The number of aromatic nitrogens is 2. The highest BCUT2D eigenvalue weighted by Crippen LogP contribution is 2.20. The van der Waals surface area contributed by atoms with Gasteiger partial charge in [0.05, 0.1) is 6.54 Å². The van der Waals surface area contributed by atoms with Gasteiger partial charge in [-0.05, 0) is 20.8 Å². The van der Waals surface area contributed by atoms with Crippen LogP contribution in [-0.4, -0.2) is 32.2 Å². The van der Waals surface area contributed by atoms with Crippen LogP contribution in [-0.2, 0) is 11.3 Å². The summed E-state index contributed by atoms with van der Waals surface area (Å²) in [6.07, 6.45) is 3.51. The number of hydrogen-bond acceptors (Lipinski definition) is 3. The Balaban J connectivity index is 2.31.